The van der Waals surface area contributed by atoms with Crippen molar-refractivity contribution in [3.8, 4) is 0 Å². The van der Waals surface area contributed by atoms with Gasteiger partial charge in [0.15, 0.2) is 0 Å². The largest absolute Gasteiger partial charge is 0.351 e. The van der Waals surface area contributed by atoms with Crippen molar-refractivity contribution in [3.63, 3.8) is 0 Å². The van der Waals surface area contributed by atoms with Gasteiger partial charge in [0.25, 0.3) is 5.91 Å². The van der Waals surface area contributed by atoms with Crippen LogP contribution in [0, 0.1) is 13.8 Å². The summed E-state index contributed by atoms with van der Waals surface area (Å²) in [5, 5.41) is 5.35. The Morgan fingerprint density at radius 1 is 1.23 bits per heavy atom. The lowest BCUT2D eigenvalue weighted by Gasteiger charge is -2.28. The van der Waals surface area contributed by atoms with Gasteiger partial charge in [-0.1, -0.05) is 36.6 Å². The lowest BCUT2D eigenvalue weighted by molar-refractivity contribution is 0.0942. The van der Waals surface area contributed by atoms with Crippen molar-refractivity contribution in [1.29, 1.82) is 0 Å². The summed E-state index contributed by atoms with van der Waals surface area (Å²) in [6, 6.07) is 10.4. The van der Waals surface area contributed by atoms with E-state index in [1.807, 2.05) is 37.3 Å². The van der Waals surface area contributed by atoms with Crippen molar-refractivity contribution in [1.82, 2.24) is 5.32 Å². The highest BCUT2D eigenvalue weighted by Gasteiger charge is 2.36. The van der Waals surface area contributed by atoms with E-state index in [0.29, 0.717) is 0 Å². The van der Waals surface area contributed by atoms with E-state index in [0.717, 1.165) is 23.2 Å². The van der Waals surface area contributed by atoms with Crippen LogP contribution in [0.5, 0.6) is 0 Å². The molecule has 0 bridgehead atoms. The smallest absolute Gasteiger partial charge is 0.251 e. The first-order valence-electron chi connectivity index (χ1n) is 8.00. The molecule has 2 nitrogen and oxygen atoms in total. The topological polar surface area (TPSA) is 29.1 Å². The normalized spacial score (nSPS) is 16.6. The molecular formula is C19H23NOS. The van der Waals surface area contributed by atoms with Gasteiger partial charge < -0.3 is 5.32 Å². The Hall–Kier alpha value is -1.61. The summed E-state index contributed by atoms with van der Waals surface area (Å²) < 4.78 is 0. The third-order valence-corrected chi connectivity index (χ3v) is 5.95. The van der Waals surface area contributed by atoms with Gasteiger partial charge in [0.1, 0.15) is 0 Å². The third-order valence-electron chi connectivity index (χ3n) is 4.83. The summed E-state index contributed by atoms with van der Waals surface area (Å²) >= 11 is 1.82. The van der Waals surface area contributed by atoms with Gasteiger partial charge in [-0.2, -0.15) is 0 Å². The Bertz CT molecular complexity index is 654. The van der Waals surface area contributed by atoms with E-state index in [1.165, 1.54) is 30.6 Å². The maximum atomic E-state index is 12.6. The van der Waals surface area contributed by atoms with Crippen LogP contribution in [-0.4, -0.2) is 12.5 Å². The highest BCUT2D eigenvalue weighted by atomic mass is 32.1. The van der Waals surface area contributed by atoms with Crippen LogP contribution in [0.25, 0.3) is 0 Å². The van der Waals surface area contributed by atoms with E-state index in [-0.39, 0.29) is 11.3 Å². The van der Waals surface area contributed by atoms with Crippen LogP contribution >= 0.6 is 11.3 Å². The number of aryl methyl sites for hydroxylation is 2. The van der Waals surface area contributed by atoms with Crippen molar-refractivity contribution >= 4 is 17.2 Å². The number of thiophene rings is 1. The zero-order chi connectivity index (χ0) is 15.6. The van der Waals surface area contributed by atoms with Gasteiger partial charge in [-0.15, -0.1) is 11.3 Å². The molecule has 1 heterocycles. The van der Waals surface area contributed by atoms with Crippen LogP contribution in [0.1, 0.15) is 52.0 Å². The third kappa shape index (κ3) is 2.95. The van der Waals surface area contributed by atoms with E-state index in [4.69, 9.17) is 0 Å². The van der Waals surface area contributed by atoms with Gasteiger partial charge in [-0.25, -0.2) is 0 Å². The Morgan fingerprint density at radius 3 is 2.68 bits per heavy atom. The van der Waals surface area contributed by atoms with Gasteiger partial charge in [0, 0.05) is 22.4 Å². The molecular weight excluding hydrogens is 290 g/mol. The molecule has 0 spiro atoms. The van der Waals surface area contributed by atoms with Crippen LogP contribution in [0.2, 0.25) is 0 Å². The second kappa shape index (κ2) is 6.25. The van der Waals surface area contributed by atoms with Gasteiger partial charge in [0.2, 0.25) is 0 Å². The van der Waals surface area contributed by atoms with E-state index in [1.54, 1.807) is 0 Å². The second-order valence-electron chi connectivity index (χ2n) is 6.47. The molecule has 1 N–H and O–H groups in total. The molecule has 1 amide bonds. The second-order valence-corrected chi connectivity index (χ2v) is 7.41. The Labute approximate surface area is 136 Å². The number of carbonyl (C=O) groups excluding carboxylic acids is 1. The van der Waals surface area contributed by atoms with Crippen LogP contribution in [0.3, 0.4) is 0 Å². The fourth-order valence-electron chi connectivity index (χ4n) is 3.47. The Balaban J connectivity index is 1.76. The predicted octanol–water partition coefficient (Wildman–Crippen LogP) is 4.61. The Morgan fingerprint density at radius 2 is 2.00 bits per heavy atom. The average molecular weight is 313 g/mol. The van der Waals surface area contributed by atoms with E-state index in [9.17, 15) is 4.79 Å². The summed E-state index contributed by atoms with van der Waals surface area (Å²) in [6.07, 6.45) is 4.88. The summed E-state index contributed by atoms with van der Waals surface area (Å²) in [6.45, 7) is 4.78. The quantitative estimate of drug-likeness (QED) is 0.877. The fraction of sp³-hybridized carbons (Fsp3) is 0.421. The molecule has 22 heavy (non-hydrogen) atoms. The number of amides is 1. The molecule has 1 aliphatic carbocycles. The van der Waals surface area contributed by atoms with E-state index in [2.05, 4.69) is 28.9 Å². The number of nitrogens with one attached hydrogen (secondary N) is 1. The lowest BCUT2D eigenvalue weighted by Crippen LogP contribution is -2.38. The minimum atomic E-state index is 0.0593. The highest BCUT2D eigenvalue weighted by Crippen LogP contribution is 2.42. The number of carbonyl (C=O) groups is 1. The highest BCUT2D eigenvalue weighted by molar-refractivity contribution is 7.10. The first kappa shape index (κ1) is 15.3. The first-order valence-corrected chi connectivity index (χ1v) is 8.88. The van der Waals surface area contributed by atoms with Crippen LogP contribution in [0.4, 0.5) is 0 Å². The molecule has 1 saturated carbocycles. The molecule has 1 fully saturated rings. The number of rotatable bonds is 4. The average Bonchev–Trinajstić information content (AvgIpc) is 3.19. The summed E-state index contributed by atoms with van der Waals surface area (Å²) in [7, 11) is 0. The summed E-state index contributed by atoms with van der Waals surface area (Å²) in [4.78, 5) is 14.0. The van der Waals surface area contributed by atoms with Crippen molar-refractivity contribution in [2.24, 2.45) is 0 Å². The number of hydrogen-bond acceptors (Lipinski definition) is 2. The van der Waals surface area contributed by atoms with E-state index < -0.39 is 0 Å². The van der Waals surface area contributed by atoms with Gasteiger partial charge >= 0.3 is 0 Å². The SMILES string of the molecule is Cc1ccc(C)c(C(=O)NCC2(c3cccs3)CCCC2)c1. The van der Waals surface area contributed by atoms with Crippen LogP contribution in [-0.2, 0) is 5.41 Å². The van der Waals surface area contributed by atoms with Gasteiger partial charge in [-0.3, -0.25) is 4.79 Å². The maximum absolute atomic E-state index is 12.6. The number of benzene rings is 1. The maximum Gasteiger partial charge on any atom is 0.251 e. The molecule has 1 aromatic heterocycles. The van der Waals surface area contributed by atoms with Crippen molar-refractivity contribution < 1.29 is 4.79 Å². The summed E-state index contributed by atoms with van der Waals surface area (Å²) in [5.74, 6) is 0.0593. The zero-order valence-corrected chi connectivity index (χ0v) is 14.1. The van der Waals surface area contributed by atoms with E-state index >= 15 is 0 Å². The lowest BCUT2D eigenvalue weighted by atomic mass is 9.84. The molecule has 0 aliphatic heterocycles. The molecule has 2 aromatic rings. The van der Waals surface area contributed by atoms with Crippen molar-refractivity contribution in [2.45, 2.75) is 44.9 Å². The molecule has 0 saturated heterocycles. The minimum Gasteiger partial charge on any atom is -0.351 e. The molecule has 1 aromatic carbocycles. The minimum absolute atomic E-state index is 0.0593. The van der Waals surface area contributed by atoms with Crippen LogP contribution < -0.4 is 5.32 Å². The molecule has 116 valence electrons. The first-order chi connectivity index (χ1) is 10.6. The predicted molar refractivity (Wildman–Crippen MR) is 92.7 cm³/mol. The number of hydrogen-bond donors (Lipinski definition) is 1. The Kier molecular flexibility index (Phi) is 4.34. The standard InChI is InChI=1S/C19H23NOS/c1-14-7-8-15(2)16(12-14)18(21)20-13-19(9-3-4-10-19)17-6-5-11-22-17/h5-8,11-12H,3-4,9-10,13H2,1-2H3,(H,20,21). The summed E-state index contributed by atoms with van der Waals surface area (Å²) in [5.41, 5.74) is 3.13. The van der Waals surface area contributed by atoms with Gasteiger partial charge in [-0.05, 0) is 49.8 Å². The van der Waals surface area contributed by atoms with Crippen molar-refractivity contribution in [3.05, 3.63) is 57.3 Å². The fourth-order valence-corrected chi connectivity index (χ4v) is 4.45. The van der Waals surface area contributed by atoms with Crippen molar-refractivity contribution in [2.75, 3.05) is 6.54 Å². The molecule has 3 rings (SSSR count). The molecule has 0 radical (unpaired) electrons. The molecule has 0 unspecified atom stereocenters. The van der Waals surface area contributed by atoms with Crippen LogP contribution in [0.15, 0.2) is 35.7 Å². The molecule has 0 atom stereocenters. The molecule has 1 aliphatic rings. The molecule has 3 heteroatoms. The van der Waals surface area contributed by atoms with Gasteiger partial charge in [0.05, 0.1) is 0 Å². The monoisotopic (exact) mass is 313 g/mol. The zero-order valence-electron chi connectivity index (χ0n) is 13.3.